The van der Waals surface area contributed by atoms with Crippen molar-refractivity contribution < 1.29 is 9.53 Å². The number of likely N-dealkylation sites (tertiary alicyclic amines) is 1. The summed E-state index contributed by atoms with van der Waals surface area (Å²) in [5.74, 6) is 1.04. The van der Waals surface area contributed by atoms with E-state index in [0.717, 1.165) is 57.1 Å². The Bertz CT molecular complexity index is 780. The molecule has 0 amide bonds. The lowest BCUT2D eigenvalue weighted by atomic mass is 10.1. The van der Waals surface area contributed by atoms with Gasteiger partial charge in [-0.2, -0.15) is 0 Å². The standard InChI is InChI=1S/C25H33N3O2/c29-25(21-27-16-18-28(19-17-27)23-7-2-1-3-8-23)22-9-11-24(12-10-22)30-20-6-15-26-13-4-5-14-26/h1-3,7-12H,4-6,13-21H2. The van der Waals surface area contributed by atoms with Gasteiger partial charge in [0.2, 0.25) is 0 Å². The van der Waals surface area contributed by atoms with E-state index in [1.807, 2.05) is 30.3 Å². The minimum atomic E-state index is 0.184. The van der Waals surface area contributed by atoms with E-state index >= 15 is 0 Å². The Morgan fingerprint density at radius 2 is 1.50 bits per heavy atom. The number of benzene rings is 2. The molecule has 2 aliphatic heterocycles. The second-order valence-electron chi connectivity index (χ2n) is 8.30. The van der Waals surface area contributed by atoms with Gasteiger partial charge in [-0.15, -0.1) is 0 Å². The van der Waals surface area contributed by atoms with Crippen LogP contribution in [0.25, 0.3) is 0 Å². The Balaban J connectivity index is 1.17. The molecular formula is C25H33N3O2. The summed E-state index contributed by atoms with van der Waals surface area (Å²) in [6.07, 6.45) is 3.72. The van der Waals surface area contributed by atoms with Gasteiger partial charge in [-0.1, -0.05) is 18.2 Å². The molecule has 160 valence electrons. The van der Waals surface area contributed by atoms with Gasteiger partial charge in [-0.3, -0.25) is 9.69 Å². The number of hydrogen-bond acceptors (Lipinski definition) is 5. The van der Waals surface area contributed by atoms with E-state index in [0.29, 0.717) is 6.54 Å². The van der Waals surface area contributed by atoms with Gasteiger partial charge in [0.1, 0.15) is 5.75 Å². The first-order valence-corrected chi connectivity index (χ1v) is 11.3. The fraction of sp³-hybridized carbons (Fsp3) is 0.480. The molecule has 0 aromatic heterocycles. The molecule has 0 bridgehead atoms. The summed E-state index contributed by atoms with van der Waals surface area (Å²) in [4.78, 5) is 19.8. The summed E-state index contributed by atoms with van der Waals surface area (Å²) in [6, 6.07) is 18.2. The third-order valence-electron chi connectivity index (χ3n) is 6.12. The molecule has 0 radical (unpaired) electrons. The topological polar surface area (TPSA) is 36.0 Å². The summed E-state index contributed by atoms with van der Waals surface area (Å²) in [5, 5.41) is 0. The third-order valence-corrected chi connectivity index (χ3v) is 6.12. The number of rotatable bonds is 9. The van der Waals surface area contributed by atoms with Crippen LogP contribution in [0.15, 0.2) is 54.6 Å². The molecule has 0 spiro atoms. The average molecular weight is 408 g/mol. The van der Waals surface area contributed by atoms with Crippen molar-refractivity contribution in [1.82, 2.24) is 9.80 Å². The van der Waals surface area contributed by atoms with Gasteiger partial charge in [0, 0.05) is 44.0 Å². The second-order valence-corrected chi connectivity index (χ2v) is 8.30. The molecule has 0 aliphatic carbocycles. The number of carbonyl (C=O) groups is 1. The molecule has 2 heterocycles. The number of hydrogen-bond donors (Lipinski definition) is 0. The van der Waals surface area contributed by atoms with E-state index in [2.05, 4.69) is 39.0 Å². The molecule has 30 heavy (non-hydrogen) atoms. The monoisotopic (exact) mass is 407 g/mol. The first kappa shape index (κ1) is 20.9. The molecule has 5 heteroatoms. The first-order chi connectivity index (χ1) is 14.8. The number of nitrogens with zero attached hydrogens (tertiary/aromatic N) is 3. The van der Waals surface area contributed by atoms with Crippen LogP contribution in [0.1, 0.15) is 29.6 Å². The molecule has 2 aliphatic rings. The number of piperazine rings is 1. The SMILES string of the molecule is O=C(CN1CCN(c2ccccc2)CC1)c1ccc(OCCCN2CCCC2)cc1. The minimum Gasteiger partial charge on any atom is -0.494 e. The number of ether oxygens (including phenoxy) is 1. The van der Waals surface area contributed by atoms with Crippen LogP contribution in [0.3, 0.4) is 0 Å². The van der Waals surface area contributed by atoms with Crippen LogP contribution in [0.2, 0.25) is 0 Å². The number of ketones is 1. The van der Waals surface area contributed by atoms with Crippen molar-refractivity contribution in [2.24, 2.45) is 0 Å². The van der Waals surface area contributed by atoms with Gasteiger partial charge in [-0.05, 0) is 68.8 Å². The Labute approximate surface area is 180 Å². The third kappa shape index (κ3) is 5.83. The maximum Gasteiger partial charge on any atom is 0.176 e. The van der Waals surface area contributed by atoms with Crippen molar-refractivity contribution in [2.45, 2.75) is 19.3 Å². The summed E-state index contributed by atoms with van der Waals surface area (Å²) in [7, 11) is 0. The molecular weight excluding hydrogens is 374 g/mol. The van der Waals surface area contributed by atoms with Crippen LogP contribution in [0.5, 0.6) is 5.75 Å². The van der Waals surface area contributed by atoms with Crippen molar-refractivity contribution in [3.8, 4) is 5.75 Å². The Hall–Kier alpha value is -2.37. The molecule has 0 N–H and O–H groups in total. The zero-order valence-electron chi connectivity index (χ0n) is 17.8. The Morgan fingerprint density at radius 3 is 2.20 bits per heavy atom. The maximum atomic E-state index is 12.7. The molecule has 0 saturated carbocycles. The maximum absolute atomic E-state index is 12.7. The number of Topliss-reactive ketones (excluding diaryl/α,β-unsaturated/α-hetero) is 1. The van der Waals surface area contributed by atoms with Gasteiger partial charge in [0.15, 0.2) is 5.78 Å². The molecule has 2 aromatic carbocycles. The van der Waals surface area contributed by atoms with Crippen LogP contribution >= 0.6 is 0 Å². The quantitative estimate of drug-likeness (QED) is 0.469. The largest absolute Gasteiger partial charge is 0.494 e. The van der Waals surface area contributed by atoms with E-state index in [1.54, 1.807) is 0 Å². The van der Waals surface area contributed by atoms with Crippen molar-refractivity contribution in [2.75, 3.05) is 63.9 Å². The van der Waals surface area contributed by atoms with Crippen LogP contribution in [-0.2, 0) is 0 Å². The minimum absolute atomic E-state index is 0.184. The molecule has 5 nitrogen and oxygen atoms in total. The van der Waals surface area contributed by atoms with Crippen LogP contribution in [-0.4, -0.2) is 74.5 Å². The first-order valence-electron chi connectivity index (χ1n) is 11.3. The fourth-order valence-corrected chi connectivity index (χ4v) is 4.32. The predicted molar refractivity (Wildman–Crippen MR) is 122 cm³/mol. The second kappa shape index (κ2) is 10.6. The van der Waals surface area contributed by atoms with Crippen molar-refractivity contribution >= 4 is 11.5 Å². The highest BCUT2D eigenvalue weighted by Gasteiger charge is 2.19. The lowest BCUT2D eigenvalue weighted by Gasteiger charge is -2.35. The van der Waals surface area contributed by atoms with E-state index in [9.17, 15) is 4.79 Å². The summed E-state index contributed by atoms with van der Waals surface area (Å²) < 4.78 is 5.85. The van der Waals surface area contributed by atoms with E-state index in [1.165, 1.54) is 31.6 Å². The highest BCUT2D eigenvalue weighted by atomic mass is 16.5. The highest BCUT2D eigenvalue weighted by Crippen LogP contribution is 2.17. The fourth-order valence-electron chi connectivity index (χ4n) is 4.32. The molecule has 4 rings (SSSR count). The van der Waals surface area contributed by atoms with Crippen molar-refractivity contribution in [3.05, 3.63) is 60.2 Å². The predicted octanol–water partition coefficient (Wildman–Crippen LogP) is 3.56. The van der Waals surface area contributed by atoms with Crippen LogP contribution < -0.4 is 9.64 Å². The van der Waals surface area contributed by atoms with Gasteiger partial charge in [-0.25, -0.2) is 0 Å². The lowest BCUT2D eigenvalue weighted by molar-refractivity contribution is 0.0926. The lowest BCUT2D eigenvalue weighted by Crippen LogP contribution is -2.48. The Kier molecular flexibility index (Phi) is 7.38. The van der Waals surface area contributed by atoms with Gasteiger partial charge in [0.25, 0.3) is 0 Å². The molecule has 0 unspecified atom stereocenters. The zero-order valence-corrected chi connectivity index (χ0v) is 17.8. The van der Waals surface area contributed by atoms with Gasteiger partial charge < -0.3 is 14.5 Å². The van der Waals surface area contributed by atoms with E-state index < -0.39 is 0 Å². The number of carbonyl (C=O) groups excluding carboxylic acids is 1. The average Bonchev–Trinajstić information content (AvgIpc) is 3.32. The van der Waals surface area contributed by atoms with Crippen molar-refractivity contribution in [1.29, 1.82) is 0 Å². The smallest absolute Gasteiger partial charge is 0.176 e. The summed E-state index contributed by atoms with van der Waals surface area (Å²) in [6.45, 7) is 8.55. The molecule has 0 atom stereocenters. The summed E-state index contributed by atoms with van der Waals surface area (Å²) in [5.41, 5.74) is 2.03. The van der Waals surface area contributed by atoms with E-state index in [4.69, 9.17) is 4.74 Å². The van der Waals surface area contributed by atoms with Gasteiger partial charge >= 0.3 is 0 Å². The van der Waals surface area contributed by atoms with Crippen LogP contribution in [0.4, 0.5) is 5.69 Å². The number of para-hydroxylation sites is 1. The zero-order chi connectivity index (χ0) is 20.6. The highest BCUT2D eigenvalue weighted by molar-refractivity contribution is 5.97. The summed E-state index contributed by atoms with van der Waals surface area (Å²) >= 11 is 0. The number of anilines is 1. The normalized spacial score (nSPS) is 17.9. The molecule has 2 saturated heterocycles. The van der Waals surface area contributed by atoms with E-state index in [-0.39, 0.29) is 5.78 Å². The van der Waals surface area contributed by atoms with Crippen molar-refractivity contribution in [3.63, 3.8) is 0 Å². The molecule has 2 fully saturated rings. The Morgan fingerprint density at radius 1 is 0.800 bits per heavy atom. The van der Waals surface area contributed by atoms with Gasteiger partial charge in [0.05, 0.1) is 13.2 Å². The molecule has 2 aromatic rings. The van der Waals surface area contributed by atoms with Crippen LogP contribution in [0, 0.1) is 0 Å².